The van der Waals surface area contributed by atoms with Crippen LogP contribution in [-0.4, -0.2) is 27.4 Å². The molecule has 0 aliphatic rings. The number of fused-ring (bicyclic) bond motifs is 1. The average Bonchev–Trinajstić information content (AvgIpc) is 2.83. The fourth-order valence-corrected chi connectivity index (χ4v) is 2.65. The number of aromatic nitrogens is 2. The van der Waals surface area contributed by atoms with Gasteiger partial charge in [0.15, 0.2) is 0 Å². The van der Waals surface area contributed by atoms with E-state index < -0.39 is 0 Å². The Morgan fingerprint density at radius 2 is 2.00 bits per heavy atom. The molecule has 5 heteroatoms. The molecule has 1 aromatic heterocycles. The number of aryl methyl sites for hydroxylation is 1. The topological polar surface area (TPSA) is 38.1 Å². The van der Waals surface area contributed by atoms with E-state index in [-0.39, 0.29) is 18.3 Å². The van der Waals surface area contributed by atoms with Crippen molar-refractivity contribution in [2.24, 2.45) is 0 Å². The predicted octanol–water partition coefficient (Wildman–Crippen LogP) is 3.14. The Bertz CT molecular complexity index is 856. The minimum atomic E-state index is -0.292. The summed E-state index contributed by atoms with van der Waals surface area (Å²) >= 11 is 0. The molecule has 3 aromatic rings. The summed E-state index contributed by atoms with van der Waals surface area (Å²) in [5.74, 6) is 0.471. The molecule has 0 spiro atoms. The lowest BCUT2D eigenvalue weighted by Gasteiger charge is -2.18. The van der Waals surface area contributed by atoms with Gasteiger partial charge in [0.25, 0.3) is 0 Å². The fourth-order valence-electron chi connectivity index (χ4n) is 2.65. The number of amides is 1. The molecule has 1 amide bonds. The van der Waals surface area contributed by atoms with Crippen LogP contribution in [-0.2, 0) is 17.9 Å². The fraction of sp³-hybridized carbons (Fsp3) is 0.222. The molecular formula is C18H18FN3O. The third-order valence-electron chi connectivity index (χ3n) is 3.87. The number of hydrogen-bond acceptors (Lipinski definition) is 2. The van der Waals surface area contributed by atoms with E-state index in [9.17, 15) is 9.18 Å². The smallest absolute Gasteiger partial charge is 0.242 e. The molecule has 0 unspecified atom stereocenters. The molecule has 118 valence electrons. The van der Waals surface area contributed by atoms with Crippen LogP contribution in [0.15, 0.2) is 48.5 Å². The first-order valence-electron chi connectivity index (χ1n) is 7.45. The number of hydrogen-bond donors (Lipinski definition) is 0. The third kappa shape index (κ3) is 3.23. The molecule has 0 aliphatic heterocycles. The standard InChI is InChI=1S/C18H18FN3O/c1-13-20-16-8-3-4-9-17(16)22(13)12-18(23)21(2)11-14-6-5-7-15(19)10-14/h3-10H,11-12H2,1-2H3. The van der Waals surface area contributed by atoms with Crippen molar-refractivity contribution in [3.05, 3.63) is 65.7 Å². The highest BCUT2D eigenvalue weighted by Gasteiger charge is 2.14. The summed E-state index contributed by atoms with van der Waals surface area (Å²) in [4.78, 5) is 18.5. The number of nitrogens with zero attached hydrogens (tertiary/aromatic N) is 3. The number of imidazole rings is 1. The van der Waals surface area contributed by atoms with E-state index in [0.29, 0.717) is 6.54 Å². The first kappa shape index (κ1) is 15.2. The molecule has 0 bridgehead atoms. The zero-order valence-electron chi connectivity index (χ0n) is 13.2. The largest absolute Gasteiger partial charge is 0.340 e. The molecule has 1 heterocycles. The van der Waals surface area contributed by atoms with Crippen LogP contribution in [0.4, 0.5) is 4.39 Å². The lowest BCUT2D eigenvalue weighted by atomic mass is 10.2. The number of halogens is 1. The molecule has 0 aliphatic carbocycles. The van der Waals surface area contributed by atoms with Crippen molar-refractivity contribution in [2.75, 3.05) is 7.05 Å². The Balaban J connectivity index is 1.76. The summed E-state index contributed by atoms with van der Waals surface area (Å²) in [7, 11) is 1.72. The Kier molecular flexibility index (Phi) is 4.10. The quantitative estimate of drug-likeness (QED) is 0.742. The minimum absolute atomic E-state index is 0.0412. The van der Waals surface area contributed by atoms with Crippen LogP contribution in [0.1, 0.15) is 11.4 Å². The molecule has 0 fully saturated rings. The summed E-state index contributed by atoms with van der Waals surface area (Å²) in [6.07, 6.45) is 0. The van der Waals surface area contributed by atoms with E-state index >= 15 is 0 Å². The lowest BCUT2D eigenvalue weighted by Crippen LogP contribution is -2.30. The van der Waals surface area contributed by atoms with Crippen LogP contribution in [0.2, 0.25) is 0 Å². The predicted molar refractivity (Wildman–Crippen MR) is 87.3 cm³/mol. The van der Waals surface area contributed by atoms with Gasteiger partial charge in [0.1, 0.15) is 18.2 Å². The Hall–Kier alpha value is -2.69. The van der Waals surface area contributed by atoms with Gasteiger partial charge in [-0.3, -0.25) is 4.79 Å². The molecule has 4 nitrogen and oxygen atoms in total. The SMILES string of the molecule is Cc1nc2ccccc2n1CC(=O)N(C)Cc1cccc(F)c1. The molecule has 2 aromatic carbocycles. The summed E-state index contributed by atoms with van der Waals surface area (Å²) in [5, 5.41) is 0. The van der Waals surface area contributed by atoms with Gasteiger partial charge in [-0.25, -0.2) is 9.37 Å². The second-order valence-electron chi connectivity index (χ2n) is 5.61. The van der Waals surface area contributed by atoms with E-state index in [2.05, 4.69) is 4.98 Å². The number of rotatable bonds is 4. The molecule has 0 saturated heterocycles. The summed E-state index contributed by atoms with van der Waals surface area (Å²) < 4.78 is 15.1. The van der Waals surface area contributed by atoms with Gasteiger partial charge < -0.3 is 9.47 Å². The van der Waals surface area contributed by atoms with Gasteiger partial charge in [-0.15, -0.1) is 0 Å². The maximum atomic E-state index is 13.2. The van der Waals surface area contributed by atoms with Crippen LogP contribution in [0.25, 0.3) is 11.0 Å². The molecule has 0 N–H and O–H groups in total. The Labute approximate surface area is 134 Å². The summed E-state index contributed by atoms with van der Waals surface area (Å²) in [5.41, 5.74) is 2.59. The molecular weight excluding hydrogens is 293 g/mol. The summed E-state index contributed by atoms with van der Waals surface area (Å²) in [6, 6.07) is 14.0. The highest BCUT2D eigenvalue weighted by atomic mass is 19.1. The van der Waals surface area contributed by atoms with Crippen LogP contribution in [0.5, 0.6) is 0 Å². The zero-order chi connectivity index (χ0) is 16.4. The van der Waals surface area contributed by atoms with Gasteiger partial charge in [-0.2, -0.15) is 0 Å². The van der Waals surface area contributed by atoms with Gasteiger partial charge in [0, 0.05) is 13.6 Å². The first-order valence-corrected chi connectivity index (χ1v) is 7.45. The van der Waals surface area contributed by atoms with Crippen LogP contribution in [0.3, 0.4) is 0 Å². The van der Waals surface area contributed by atoms with E-state index in [1.54, 1.807) is 18.0 Å². The summed E-state index contributed by atoms with van der Waals surface area (Å²) in [6.45, 7) is 2.49. The second kappa shape index (κ2) is 6.20. The van der Waals surface area contributed by atoms with E-state index in [0.717, 1.165) is 22.4 Å². The van der Waals surface area contributed by atoms with Crippen molar-refractivity contribution in [3.8, 4) is 0 Å². The van der Waals surface area contributed by atoms with E-state index in [4.69, 9.17) is 0 Å². The normalized spacial score (nSPS) is 10.9. The second-order valence-corrected chi connectivity index (χ2v) is 5.61. The van der Waals surface area contributed by atoms with Crippen molar-refractivity contribution in [3.63, 3.8) is 0 Å². The number of carbonyl (C=O) groups is 1. The van der Waals surface area contributed by atoms with Gasteiger partial charge >= 0.3 is 0 Å². The van der Waals surface area contributed by atoms with Crippen LogP contribution >= 0.6 is 0 Å². The van der Waals surface area contributed by atoms with Gasteiger partial charge in [-0.05, 0) is 36.8 Å². The highest BCUT2D eigenvalue weighted by Crippen LogP contribution is 2.16. The van der Waals surface area contributed by atoms with Crippen molar-refractivity contribution >= 4 is 16.9 Å². The van der Waals surface area contributed by atoms with Crippen molar-refractivity contribution < 1.29 is 9.18 Å². The van der Waals surface area contributed by atoms with Crippen molar-refractivity contribution in [1.82, 2.24) is 14.5 Å². The molecule has 3 rings (SSSR count). The molecule has 0 radical (unpaired) electrons. The monoisotopic (exact) mass is 311 g/mol. The highest BCUT2D eigenvalue weighted by molar-refractivity contribution is 5.81. The van der Waals surface area contributed by atoms with E-state index in [1.165, 1.54) is 12.1 Å². The molecule has 0 atom stereocenters. The first-order chi connectivity index (χ1) is 11.0. The van der Waals surface area contributed by atoms with E-state index in [1.807, 2.05) is 41.8 Å². The Morgan fingerprint density at radius 1 is 1.22 bits per heavy atom. The number of likely N-dealkylation sites (N-methyl/N-ethyl adjacent to an activating group) is 1. The minimum Gasteiger partial charge on any atom is -0.340 e. The third-order valence-corrected chi connectivity index (χ3v) is 3.87. The lowest BCUT2D eigenvalue weighted by molar-refractivity contribution is -0.131. The van der Waals surface area contributed by atoms with Crippen LogP contribution < -0.4 is 0 Å². The maximum Gasteiger partial charge on any atom is 0.242 e. The average molecular weight is 311 g/mol. The number of para-hydroxylation sites is 2. The van der Waals surface area contributed by atoms with Gasteiger partial charge in [0.2, 0.25) is 5.91 Å². The maximum absolute atomic E-state index is 13.2. The Morgan fingerprint density at radius 3 is 2.78 bits per heavy atom. The van der Waals surface area contributed by atoms with Crippen molar-refractivity contribution in [1.29, 1.82) is 0 Å². The van der Waals surface area contributed by atoms with Gasteiger partial charge in [0.05, 0.1) is 11.0 Å². The number of carbonyl (C=O) groups excluding carboxylic acids is 1. The molecule has 23 heavy (non-hydrogen) atoms. The molecule has 0 saturated carbocycles. The van der Waals surface area contributed by atoms with Crippen molar-refractivity contribution in [2.45, 2.75) is 20.0 Å². The van der Waals surface area contributed by atoms with Crippen LogP contribution in [0, 0.1) is 12.7 Å². The van der Waals surface area contributed by atoms with Gasteiger partial charge in [-0.1, -0.05) is 24.3 Å². The number of benzene rings is 2. The zero-order valence-corrected chi connectivity index (χ0v) is 13.2.